The molecule has 0 spiro atoms. The molecule has 0 bridgehead atoms. The molecule has 1 aromatic heterocycles. The Morgan fingerprint density at radius 2 is 2.12 bits per heavy atom. The highest BCUT2D eigenvalue weighted by molar-refractivity contribution is 6.32. The Labute approximate surface area is 105 Å². The van der Waals surface area contributed by atoms with E-state index in [9.17, 15) is 0 Å². The zero-order chi connectivity index (χ0) is 11.5. The van der Waals surface area contributed by atoms with E-state index in [4.69, 9.17) is 27.9 Å². The summed E-state index contributed by atoms with van der Waals surface area (Å²) in [6, 6.07) is 1.62. The third kappa shape index (κ3) is 2.98. The van der Waals surface area contributed by atoms with Gasteiger partial charge in [0.2, 0.25) is 0 Å². The van der Waals surface area contributed by atoms with Crippen LogP contribution in [0, 0.1) is 5.92 Å². The van der Waals surface area contributed by atoms with Crippen LogP contribution in [0.15, 0.2) is 6.07 Å². The highest BCUT2D eigenvalue weighted by Crippen LogP contribution is 2.30. The predicted octanol–water partition coefficient (Wildman–Crippen LogP) is 3.74. The average Bonchev–Trinajstić information content (AvgIpc) is 2.24. The Morgan fingerprint density at radius 1 is 1.31 bits per heavy atom. The number of halogens is 2. The Kier molecular flexibility index (Phi) is 3.87. The first kappa shape index (κ1) is 11.9. The molecule has 1 fully saturated rings. The molecule has 0 radical (unpaired) electrons. The van der Waals surface area contributed by atoms with Crippen molar-refractivity contribution in [2.24, 2.45) is 5.92 Å². The number of hydrogen-bond acceptors (Lipinski definition) is 3. The lowest BCUT2D eigenvalue weighted by Crippen LogP contribution is -2.24. The van der Waals surface area contributed by atoms with Gasteiger partial charge in [-0.15, -0.1) is 10.2 Å². The van der Waals surface area contributed by atoms with Gasteiger partial charge in [-0.2, -0.15) is 0 Å². The maximum absolute atomic E-state index is 5.89. The number of aromatic nitrogens is 2. The van der Waals surface area contributed by atoms with Crippen molar-refractivity contribution in [3.63, 3.8) is 0 Å². The summed E-state index contributed by atoms with van der Waals surface area (Å²) >= 11 is 11.6. The van der Waals surface area contributed by atoms with Crippen LogP contribution >= 0.6 is 23.2 Å². The van der Waals surface area contributed by atoms with E-state index < -0.39 is 0 Å². The van der Waals surface area contributed by atoms with E-state index in [1.165, 1.54) is 12.8 Å². The van der Waals surface area contributed by atoms with Gasteiger partial charge in [-0.05, 0) is 25.2 Å². The van der Waals surface area contributed by atoms with E-state index in [-0.39, 0.29) is 11.3 Å². The van der Waals surface area contributed by atoms with E-state index >= 15 is 0 Å². The Balaban J connectivity index is 2.05. The minimum Gasteiger partial charge on any atom is -0.487 e. The van der Waals surface area contributed by atoms with Gasteiger partial charge in [0.15, 0.2) is 16.1 Å². The molecule has 0 N–H and O–H groups in total. The topological polar surface area (TPSA) is 35.0 Å². The molecule has 88 valence electrons. The van der Waals surface area contributed by atoms with E-state index in [1.54, 1.807) is 6.07 Å². The molecule has 1 aliphatic rings. The van der Waals surface area contributed by atoms with Gasteiger partial charge in [-0.1, -0.05) is 36.5 Å². The highest BCUT2D eigenvalue weighted by Gasteiger charge is 2.21. The molecule has 0 aromatic carbocycles. The fraction of sp³-hybridized carbons (Fsp3) is 0.636. The second-order valence-electron chi connectivity index (χ2n) is 4.33. The summed E-state index contributed by atoms with van der Waals surface area (Å²) in [4.78, 5) is 0. The summed E-state index contributed by atoms with van der Waals surface area (Å²) in [6.07, 6.45) is 4.84. The van der Waals surface area contributed by atoms with Crippen LogP contribution in [0.25, 0.3) is 0 Å². The number of ether oxygens (including phenoxy) is 1. The summed E-state index contributed by atoms with van der Waals surface area (Å²) in [5.41, 5.74) is 0. The lowest BCUT2D eigenvalue weighted by Gasteiger charge is -2.27. The van der Waals surface area contributed by atoms with Crippen molar-refractivity contribution in [1.82, 2.24) is 10.2 Å². The largest absolute Gasteiger partial charge is 0.487 e. The quantitative estimate of drug-likeness (QED) is 0.813. The van der Waals surface area contributed by atoms with Crippen molar-refractivity contribution in [3.05, 3.63) is 16.4 Å². The first-order valence-corrected chi connectivity index (χ1v) is 6.26. The van der Waals surface area contributed by atoms with Crippen molar-refractivity contribution >= 4 is 23.2 Å². The SMILES string of the molecule is CC1CCCC(Oc2cc(Cl)nnc2Cl)C1. The summed E-state index contributed by atoms with van der Waals surface area (Å²) < 4.78 is 5.82. The van der Waals surface area contributed by atoms with Gasteiger partial charge < -0.3 is 4.74 Å². The van der Waals surface area contributed by atoms with Crippen LogP contribution in [0.4, 0.5) is 0 Å². The molecular formula is C11H14Cl2N2O. The normalized spacial score (nSPS) is 25.4. The molecule has 0 saturated heterocycles. The second-order valence-corrected chi connectivity index (χ2v) is 5.08. The lowest BCUT2D eigenvalue weighted by molar-refractivity contribution is 0.128. The van der Waals surface area contributed by atoms with E-state index in [2.05, 4.69) is 17.1 Å². The monoisotopic (exact) mass is 260 g/mol. The van der Waals surface area contributed by atoms with Crippen molar-refractivity contribution < 1.29 is 4.74 Å². The van der Waals surface area contributed by atoms with Gasteiger partial charge in [0, 0.05) is 6.07 Å². The van der Waals surface area contributed by atoms with Gasteiger partial charge >= 0.3 is 0 Å². The van der Waals surface area contributed by atoms with Crippen molar-refractivity contribution in [2.45, 2.75) is 38.7 Å². The van der Waals surface area contributed by atoms with Crippen LogP contribution in [-0.4, -0.2) is 16.3 Å². The smallest absolute Gasteiger partial charge is 0.193 e. The molecule has 2 unspecified atom stereocenters. The first-order valence-electron chi connectivity index (χ1n) is 5.50. The van der Waals surface area contributed by atoms with Crippen LogP contribution in [0.1, 0.15) is 32.6 Å². The molecule has 3 nitrogen and oxygen atoms in total. The number of rotatable bonds is 2. The van der Waals surface area contributed by atoms with Gasteiger partial charge in [0.05, 0.1) is 6.10 Å². The summed E-state index contributed by atoms with van der Waals surface area (Å²) in [5.74, 6) is 1.25. The average molecular weight is 261 g/mol. The molecule has 1 aliphatic carbocycles. The molecule has 1 heterocycles. The highest BCUT2D eigenvalue weighted by atomic mass is 35.5. The molecule has 1 saturated carbocycles. The van der Waals surface area contributed by atoms with E-state index in [0.29, 0.717) is 16.8 Å². The maximum atomic E-state index is 5.89. The first-order chi connectivity index (χ1) is 7.65. The maximum Gasteiger partial charge on any atom is 0.193 e. The number of nitrogens with zero attached hydrogens (tertiary/aromatic N) is 2. The third-order valence-electron chi connectivity index (χ3n) is 2.87. The third-order valence-corrected chi connectivity index (χ3v) is 3.32. The van der Waals surface area contributed by atoms with Crippen molar-refractivity contribution in [3.8, 4) is 5.75 Å². The Hall–Kier alpha value is -0.540. The molecule has 0 aliphatic heterocycles. The minimum atomic E-state index is 0.224. The molecule has 0 amide bonds. The van der Waals surface area contributed by atoms with Crippen molar-refractivity contribution in [2.75, 3.05) is 0 Å². The zero-order valence-electron chi connectivity index (χ0n) is 9.12. The molecule has 5 heteroatoms. The molecular weight excluding hydrogens is 247 g/mol. The summed E-state index contributed by atoms with van der Waals surface area (Å²) in [5, 5.41) is 7.96. The molecule has 1 aromatic rings. The fourth-order valence-corrected chi connectivity index (χ4v) is 2.36. The Morgan fingerprint density at radius 3 is 2.88 bits per heavy atom. The van der Waals surface area contributed by atoms with Crippen LogP contribution in [0.5, 0.6) is 5.75 Å². The van der Waals surface area contributed by atoms with Gasteiger partial charge in [0.25, 0.3) is 0 Å². The van der Waals surface area contributed by atoms with E-state index in [0.717, 1.165) is 12.8 Å². The van der Waals surface area contributed by atoms with Crippen LogP contribution in [-0.2, 0) is 0 Å². The second kappa shape index (κ2) is 5.19. The summed E-state index contributed by atoms with van der Waals surface area (Å²) in [7, 11) is 0. The van der Waals surface area contributed by atoms with Gasteiger partial charge in [-0.3, -0.25) is 0 Å². The summed E-state index contributed by atoms with van der Waals surface area (Å²) in [6.45, 7) is 2.24. The van der Waals surface area contributed by atoms with Crippen LogP contribution < -0.4 is 4.74 Å². The fourth-order valence-electron chi connectivity index (χ4n) is 2.09. The van der Waals surface area contributed by atoms with Gasteiger partial charge in [-0.25, -0.2) is 0 Å². The Bertz CT molecular complexity index is 373. The van der Waals surface area contributed by atoms with Gasteiger partial charge in [0.1, 0.15) is 0 Å². The lowest BCUT2D eigenvalue weighted by atomic mass is 9.89. The standard InChI is InChI=1S/C11H14Cl2N2O/c1-7-3-2-4-8(5-7)16-9-6-10(12)14-15-11(9)13/h6-8H,2-5H2,1H3. The van der Waals surface area contributed by atoms with E-state index in [1.807, 2.05) is 0 Å². The predicted molar refractivity (Wildman–Crippen MR) is 64.1 cm³/mol. The minimum absolute atomic E-state index is 0.224. The molecule has 16 heavy (non-hydrogen) atoms. The van der Waals surface area contributed by atoms with Crippen LogP contribution in [0.3, 0.4) is 0 Å². The zero-order valence-corrected chi connectivity index (χ0v) is 10.6. The molecule has 2 atom stereocenters. The number of hydrogen-bond donors (Lipinski definition) is 0. The van der Waals surface area contributed by atoms with Crippen molar-refractivity contribution in [1.29, 1.82) is 0 Å². The van der Waals surface area contributed by atoms with Crippen LogP contribution in [0.2, 0.25) is 10.3 Å². The molecule has 2 rings (SSSR count).